The van der Waals surface area contributed by atoms with Crippen LogP contribution in [0.3, 0.4) is 0 Å². The first-order valence-electron chi connectivity index (χ1n) is 20.3. The molecule has 3 amide bonds. The van der Waals surface area contributed by atoms with E-state index in [1.165, 1.54) is 11.1 Å². The number of amides is 3. The van der Waals surface area contributed by atoms with Gasteiger partial charge in [0.05, 0.1) is 35.9 Å². The number of benzene rings is 2. The van der Waals surface area contributed by atoms with E-state index in [1.807, 2.05) is 36.1 Å². The molecule has 0 unspecified atom stereocenters. The van der Waals surface area contributed by atoms with Gasteiger partial charge >= 0.3 is 17.7 Å². The molecule has 3 fully saturated rings. The van der Waals surface area contributed by atoms with Gasteiger partial charge in [0.2, 0.25) is 5.91 Å². The van der Waals surface area contributed by atoms with Crippen molar-refractivity contribution >= 4 is 39.8 Å². The fraction of sp³-hybridized carbons (Fsp3) is 0.548. The standard InChI is InChI=1S/C42H56N8O5/c1-4-30-12-11-29(25-31(30)5-2)26-36(40(52)48-17-13-32(14-18-48)47-23-21-46(22-24-47)28-38(51)55-6-3)44-41(53)49-19-15-33(16-20-49)50-37-27-43-35-10-8-7-9-34(35)39(37)45-42(50)54/h7-12,25,27,32-33,36H,4-6,13-24,26,28H2,1-3H3,(H,44,53)(H,45,54)/t36-/m1/s1. The molecule has 7 rings (SSSR count). The number of ether oxygens (including phenoxy) is 1. The van der Waals surface area contributed by atoms with E-state index < -0.39 is 6.04 Å². The number of hydrogen-bond donors (Lipinski definition) is 2. The van der Waals surface area contributed by atoms with Gasteiger partial charge in [0.25, 0.3) is 0 Å². The summed E-state index contributed by atoms with van der Waals surface area (Å²) in [5.41, 5.74) is 5.86. The number of esters is 1. The number of piperazine rings is 1. The molecular formula is C42H56N8O5. The highest BCUT2D eigenvalue weighted by Crippen LogP contribution is 2.28. The maximum Gasteiger partial charge on any atom is 0.326 e. The third kappa shape index (κ3) is 8.57. The molecule has 2 N–H and O–H groups in total. The Morgan fingerprint density at radius 2 is 1.55 bits per heavy atom. The van der Waals surface area contributed by atoms with Gasteiger partial charge in [-0.15, -0.1) is 0 Å². The quantitative estimate of drug-likeness (QED) is 0.219. The van der Waals surface area contributed by atoms with Crippen LogP contribution < -0.4 is 11.0 Å². The Kier molecular flexibility index (Phi) is 12.2. The molecule has 5 heterocycles. The van der Waals surface area contributed by atoms with Gasteiger partial charge in [-0.05, 0) is 68.2 Å². The molecule has 0 aliphatic carbocycles. The number of aromatic nitrogens is 3. The minimum atomic E-state index is -0.694. The molecule has 4 aromatic rings. The van der Waals surface area contributed by atoms with Crippen molar-refractivity contribution in [2.45, 2.75) is 83.8 Å². The van der Waals surface area contributed by atoms with Crippen molar-refractivity contribution in [3.05, 3.63) is 75.8 Å². The van der Waals surface area contributed by atoms with Gasteiger partial charge in [-0.1, -0.05) is 50.2 Å². The fourth-order valence-corrected chi connectivity index (χ4v) is 8.92. The average molecular weight is 753 g/mol. The number of piperidine rings is 2. The number of nitrogens with zero attached hydrogens (tertiary/aromatic N) is 6. The van der Waals surface area contributed by atoms with Gasteiger partial charge in [-0.2, -0.15) is 0 Å². The second-order valence-electron chi connectivity index (χ2n) is 15.2. The van der Waals surface area contributed by atoms with Crippen LogP contribution in [-0.2, 0) is 33.6 Å². The van der Waals surface area contributed by atoms with Crippen molar-refractivity contribution < 1.29 is 19.1 Å². The number of fused-ring (bicyclic) bond motifs is 3. The molecule has 13 heteroatoms. The van der Waals surface area contributed by atoms with Crippen LogP contribution in [0.25, 0.3) is 21.9 Å². The Labute approximate surface area is 323 Å². The molecule has 2 aromatic heterocycles. The molecule has 0 spiro atoms. The predicted molar refractivity (Wildman–Crippen MR) is 213 cm³/mol. The number of pyridine rings is 1. The minimum absolute atomic E-state index is 0.0383. The van der Waals surface area contributed by atoms with Gasteiger partial charge in [-0.25, -0.2) is 9.59 Å². The maximum atomic E-state index is 14.3. The number of imidazole rings is 1. The van der Waals surface area contributed by atoms with Gasteiger partial charge in [0.15, 0.2) is 0 Å². The van der Waals surface area contributed by atoms with Crippen molar-refractivity contribution in [1.29, 1.82) is 0 Å². The third-order valence-electron chi connectivity index (χ3n) is 12.0. The first-order valence-corrected chi connectivity index (χ1v) is 20.3. The van der Waals surface area contributed by atoms with Crippen molar-refractivity contribution in [3.8, 4) is 0 Å². The molecule has 55 heavy (non-hydrogen) atoms. The SMILES string of the molecule is CCOC(=O)CN1CCN(C2CCN(C(=O)[C@@H](Cc3ccc(CC)c(CC)c3)NC(=O)N3CCC(n4c(=O)[nH]c5c6ccccc6ncc54)CC3)CC2)CC1. The summed E-state index contributed by atoms with van der Waals surface area (Å²) < 4.78 is 6.93. The Hall–Kier alpha value is -4.75. The number of likely N-dealkylation sites (tertiary alicyclic amines) is 2. The second-order valence-corrected chi connectivity index (χ2v) is 15.2. The normalized spacial score (nSPS) is 18.5. The smallest absolute Gasteiger partial charge is 0.326 e. The first kappa shape index (κ1) is 38.5. The van der Waals surface area contributed by atoms with Crippen molar-refractivity contribution in [1.82, 2.24) is 39.5 Å². The highest BCUT2D eigenvalue weighted by atomic mass is 16.5. The summed E-state index contributed by atoms with van der Waals surface area (Å²) in [6.07, 6.45) is 7.04. The molecule has 3 aliphatic heterocycles. The third-order valence-corrected chi connectivity index (χ3v) is 12.0. The summed E-state index contributed by atoms with van der Waals surface area (Å²) in [5.74, 6) is -0.210. The van der Waals surface area contributed by atoms with Gasteiger partial charge in [-0.3, -0.25) is 28.9 Å². The van der Waals surface area contributed by atoms with Crippen LogP contribution in [0.5, 0.6) is 0 Å². The van der Waals surface area contributed by atoms with Crippen LogP contribution in [0.2, 0.25) is 0 Å². The van der Waals surface area contributed by atoms with E-state index in [0.717, 1.165) is 79.4 Å². The number of H-pyrrole nitrogens is 1. The average Bonchev–Trinajstić information content (AvgIpc) is 3.56. The molecule has 1 atom stereocenters. The van der Waals surface area contributed by atoms with Gasteiger partial charge < -0.3 is 24.8 Å². The number of para-hydroxylation sites is 1. The zero-order chi connectivity index (χ0) is 38.5. The summed E-state index contributed by atoms with van der Waals surface area (Å²) in [6, 6.07) is 13.6. The number of carbonyl (C=O) groups is 3. The van der Waals surface area contributed by atoms with E-state index in [0.29, 0.717) is 64.6 Å². The monoisotopic (exact) mass is 752 g/mol. The molecule has 0 saturated carbocycles. The van der Waals surface area contributed by atoms with E-state index in [1.54, 1.807) is 15.7 Å². The molecule has 3 aliphatic rings. The summed E-state index contributed by atoms with van der Waals surface area (Å²) in [7, 11) is 0. The minimum Gasteiger partial charge on any atom is -0.465 e. The van der Waals surface area contributed by atoms with Crippen LogP contribution >= 0.6 is 0 Å². The lowest BCUT2D eigenvalue weighted by molar-refractivity contribution is -0.144. The number of aromatic amines is 1. The number of hydrogen-bond acceptors (Lipinski definition) is 8. The molecule has 0 bridgehead atoms. The Balaban J connectivity index is 0.993. The lowest BCUT2D eigenvalue weighted by Crippen LogP contribution is -2.57. The van der Waals surface area contributed by atoms with E-state index >= 15 is 0 Å². The van der Waals surface area contributed by atoms with E-state index in [4.69, 9.17) is 4.74 Å². The predicted octanol–water partition coefficient (Wildman–Crippen LogP) is 4.13. The summed E-state index contributed by atoms with van der Waals surface area (Å²) in [5, 5.41) is 4.08. The molecule has 2 aromatic carbocycles. The van der Waals surface area contributed by atoms with Crippen LogP contribution in [0, 0.1) is 0 Å². The highest BCUT2D eigenvalue weighted by molar-refractivity contribution is 6.01. The number of rotatable bonds is 11. The molecule has 0 radical (unpaired) electrons. The van der Waals surface area contributed by atoms with Crippen molar-refractivity contribution in [2.24, 2.45) is 0 Å². The molecule has 294 valence electrons. The van der Waals surface area contributed by atoms with Crippen LogP contribution in [0.1, 0.15) is 69.2 Å². The Morgan fingerprint density at radius 3 is 2.25 bits per heavy atom. The Bertz CT molecular complexity index is 2040. The zero-order valence-electron chi connectivity index (χ0n) is 32.6. The second kappa shape index (κ2) is 17.4. The van der Waals surface area contributed by atoms with Crippen LogP contribution in [0.4, 0.5) is 4.79 Å². The van der Waals surface area contributed by atoms with Crippen molar-refractivity contribution in [2.75, 3.05) is 65.5 Å². The van der Waals surface area contributed by atoms with E-state index in [9.17, 15) is 19.2 Å². The van der Waals surface area contributed by atoms with Crippen LogP contribution in [-0.4, -0.2) is 130 Å². The van der Waals surface area contributed by atoms with Gasteiger partial charge in [0.1, 0.15) is 6.04 Å². The summed E-state index contributed by atoms with van der Waals surface area (Å²) >= 11 is 0. The highest BCUT2D eigenvalue weighted by Gasteiger charge is 2.34. The number of urea groups is 1. The van der Waals surface area contributed by atoms with Gasteiger partial charge in [0, 0.05) is 76.2 Å². The lowest BCUT2D eigenvalue weighted by Gasteiger charge is -2.43. The summed E-state index contributed by atoms with van der Waals surface area (Å²) in [6.45, 7) is 12.5. The van der Waals surface area contributed by atoms with E-state index in [-0.39, 0.29) is 29.6 Å². The van der Waals surface area contributed by atoms with Crippen LogP contribution in [0.15, 0.2) is 53.5 Å². The largest absolute Gasteiger partial charge is 0.465 e. The number of carbonyl (C=O) groups excluding carboxylic acids is 3. The maximum absolute atomic E-state index is 14.3. The molecule has 13 nitrogen and oxygen atoms in total. The fourth-order valence-electron chi connectivity index (χ4n) is 8.92. The van der Waals surface area contributed by atoms with Crippen molar-refractivity contribution in [3.63, 3.8) is 0 Å². The van der Waals surface area contributed by atoms with E-state index in [2.05, 4.69) is 57.1 Å². The Morgan fingerprint density at radius 1 is 0.855 bits per heavy atom. The lowest BCUT2D eigenvalue weighted by atomic mass is 9.95. The number of nitrogens with one attached hydrogen (secondary N) is 2. The molecular weight excluding hydrogens is 697 g/mol. The topological polar surface area (TPSA) is 136 Å². The molecule has 3 saturated heterocycles. The summed E-state index contributed by atoms with van der Waals surface area (Å²) in [4.78, 5) is 69.5. The first-order chi connectivity index (χ1) is 26.8. The number of aryl methyl sites for hydroxylation is 2. The zero-order valence-corrected chi connectivity index (χ0v) is 32.6.